The van der Waals surface area contributed by atoms with E-state index in [2.05, 4.69) is 10.6 Å². The Kier molecular flexibility index (Phi) is 5.53. The molecular formula is C14H18F2N2O4S. The van der Waals surface area contributed by atoms with Crippen LogP contribution in [0, 0.1) is 17.6 Å². The molecule has 1 saturated heterocycles. The lowest BCUT2D eigenvalue weighted by molar-refractivity contribution is 0.168. The SMILES string of the molecule is O=C(NC[C@H]1CCS(=O)(=O)C1)NC[C@H](O)c1ccc(F)cc1F. The second-order valence-electron chi connectivity index (χ2n) is 5.54. The molecule has 2 atom stereocenters. The van der Waals surface area contributed by atoms with Crippen LogP contribution in [-0.2, 0) is 9.84 Å². The topological polar surface area (TPSA) is 95.5 Å². The fourth-order valence-corrected chi connectivity index (χ4v) is 4.27. The normalized spacial score (nSPS) is 20.9. The van der Waals surface area contributed by atoms with Crippen molar-refractivity contribution in [3.05, 3.63) is 35.4 Å². The van der Waals surface area contributed by atoms with E-state index in [1.807, 2.05) is 0 Å². The molecule has 23 heavy (non-hydrogen) atoms. The summed E-state index contributed by atoms with van der Waals surface area (Å²) in [6, 6.07) is 2.19. The summed E-state index contributed by atoms with van der Waals surface area (Å²) >= 11 is 0. The molecule has 0 bridgehead atoms. The van der Waals surface area contributed by atoms with E-state index in [1.165, 1.54) is 0 Å². The van der Waals surface area contributed by atoms with Crippen LogP contribution < -0.4 is 10.6 Å². The van der Waals surface area contributed by atoms with Crippen molar-refractivity contribution in [3.63, 3.8) is 0 Å². The number of hydrogen-bond acceptors (Lipinski definition) is 4. The minimum Gasteiger partial charge on any atom is -0.386 e. The van der Waals surface area contributed by atoms with Crippen molar-refractivity contribution in [2.45, 2.75) is 12.5 Å². The van der Waals surface area contributed by atoms with Gasteiger partial charge in [0.2, 0.25) is 0 Å². The molecule has 128 valence electrons. The largest absolute Gasteiger partial charge is 0.386 e. The molecular weight excluding hydrogens is 330 g/mol. The van der Waals surface area contributed by atoms with Gasteiger partial charge in [0.05, 0.1) is 17.6 Å². The number of aliphatic hydroxyl groups excluding tert-OH is 1. The van der Waals surface area contributed by atoms with Crippen molar-refractivity contribution in [1.29, 1.82) is 0 Å². The van der Waals surface area contributed by atoms with Gasteiger partial charge in [-0.05, 0) is 18.4 Å². The molecule has 1 aliphatic heterocycles. The molecule has 6 nitrogen and oxygen atoms in total. The number of hydrogen-bond donors (Lipinski definition) is 3. The molecule has 1 aromatic rings. The molecule has 1 aliphatic rings. The van der Waals surface area contributed by atoms with E-state index >= 15 is 0 Å². The first kappa shape index (κ1) is 17.6. The summed E-state index contributed by atoms with van der Waals surface area (Å²) in [5, 5.41) is 14.7. The van der Waals surface area contributed by atoms with Gasteiger partial charge in [-0.15, -0.1) is 0 Å². The minimum absolute atomic E-state index is 0.0523. The summed E-state index contributed by atoms with van der Waals surface area (Å²) in [6.45, 7) is -0.0383. The first-order valence-electron chi connectivity index (χ1n) is 7.12. The molecule has 0 saturated carbocycles. The van der Waals surface area contributed by atoms with E-state index in [-0.39, 0.29) is 36.1 Å². The highest BCUT2D eigenvalue weighted by Gasteiger charge is 2.27. The lowest BCUT2D eigenvalue weighted by atomic mass is 10.1. The lowest BCUT2D eigenvalue weighted by Crippen LogP contribution is -2.40. The smallest absolute Gasteiger partial charge is 0.314 e. The van der Waals surface area contributed by atoms with Gasteiger partial charge in [-0.3, -0.25) is 0 Å². The Hall–Kier alpha value is -1.74. The molecule has 0 aromatic heterocycles. The number of benzene rings is 1. The van der Waals surface area contributed by atoms with Crippen LogP contribution in [-0.4, -0.2) is 44.2 Å². The Morgan fingerprint density at radius 1 is 1.35 bits per heavy atom. The fraction of sp³-hybridized carbons (Fsp3) is 0.500. The van der Waals surface area contributed by atoms with Crippen LogP contribution in [0.3, 0.4) is 0 Å². The number of carbonyl (C=O) groups is 1. The molecule has 0 aliphatic carbocycles. The molecule has 0 unspecified atom stereocenters. The highest BCUT2D eigenvalue weighted by atomic mass is 32.2. The summed E-state index contributed by atoms with van der Waals surface area (Å²) in [5.74, 6) is -1.59. The average molecular weight is 348 g/mol. The van der Waals surface area contributed by atoms with Crippen LogP contribution in [0.4, 0.5) is 13.6 Å². The third kappa shape index (κ3) is 5.14. The molecule has 0 spiro atoms. The monoisotopic (exact) mass is 348 g/mol. The zero-order valence-electron chi connectivity index (χ0n) is 12.3. The van der Waals surface area contributed by atoms with Crippen molar-refractivity contribution in [2.24, 2.45) is 5.92 Å². The summed E-state index contributed by atoms with van der Waals surface area (Å²) < 4.78 is 48.8. The van der Waals surface area contributed by atoms with Gasteiger partial charge < -0.3 is 15.7 Å². The maximum absolute atomic E-state index is 13.5. The van der Waals surface area contributed by atoms with Gasteiger partial charge in [0.25, 0.3) is 0 Å². The maximum Gasteiger partial charge on any atom is 0.314 e. The number of urea groups is 1. The van der Waals surface area contributed by atoms with Crippen LogP contribution in [0.15, 0.2) is 18.2 Å². The van der Waals surface area contributed by atoms with Crippen LogP contribution in [0.25, 0.3) is 0 Å². The fourth-order valence-electron chi connectivity index (χ4n) is 2.40. The van der Waals surface area contributed by atoms with Gasteiger partial charge in [0.1, 0.15) is 11.6 Å². The zero-order chi connectivity index (χ0) is 17.0. The first-order valence-corrected chi connectivity index (χ1v) is 8.94. The summed E-state index contributed by atoms with van der Waals surface area (Å²) in [7, 11) is -3.00. The number of amides is 2. The molecule has 1 heterocycles. The third-order valence-electron chi connectivity index (χ3n) is 3.66. The Labute approximate surface area is 132 Å². The molecule has 1 fully saturated rings. The molecule has 1 aromatic carbocycles. The lowest BCUT2D eigenvalue weighted by Gasteiger charge is -2.15. The van der Waals surface area contributed by atoms with E-state index in [0.717, 1.165) is 12.1 Å². The second-order valence-corrected chi connectivity index (χ2v) is 7.77. The number of halogens is 2. The predicted octanol–water partition coefficient (Wildman–Crippen LogP) is 0.732. The van der Waals surface area contributed by atoms with Crippen LogP contribution in [0.1, 0.15) is 18.1 Å². The van der Waals surface area contributed by atoms with Gasteiger partial charge in [0.15, 0.2) is 9.84 Å². The molecule has 3 N–H and O–H groups in total. The van der Waals surface area contributed by atoms with Crippen molar-refractivity contribution in [2.75, 3.05) is 24.6 Å². The van der Waals surface area contributed by atoms with Gasteiger partial charge >= 0.3 is 6.03 Å². The highest BCUT2D eigenvalue weighted by Crippen LogP contribution is 2.18. The predicted molar refractivity (Wildman–Crippen MR) is 79.5 cm³/mol. The standard InChI is InChI=1S/C14H18F2N2O4S/c15-10-1-2-11(12(16)5-10)13(19)7-18-14(20)17-6-9-3-4-23(21,22)8-9/h1-2,5,9,13,19H,3-4,6-8H2,(H2,17,18,20)/t9-,13+/m1/s1. The summed E-state index contributed by atoms with van der Waals surface area (Å²) in [5.41, 5.74) is -0.117. The minimum atomic E-state index is -3.00. The summed E-state index contributed by atoms with van der Waals surface area (Å²) in [6.07, 6.45) is -0.806. The van der Waals surface area contributed by atoms with Crippen molar-refractivity contribution >= 4 is 15.9 Å². The average Bonchev–Trinajstić information content (AvgIpc) is 2.82. The van der Waals surface area contributed by atoms with Crippen LogP contribution in [0.5, 0.6) is 0 Å². The Morgan fingerprint density at radius 2 is 2.09 bits per heavy atom. The Morgan fingerprint density at radius 3 is 2.70 bits per heavy atom. The van der Waals surface area contributed by atoms with Crippen molar-refractivity contribution in [3.8, 4) is 0 Å². The van der Waals surface area contributed by atoms with Crippen LogP contribution >= 0.6 is 0 Å². The Bertz CT molecular complexity index is 681. The van der Waals surface area contributed by atoms with Crippen molar-refractivity contribution < 1.29 is 27.1 Å². The Balaban J connectivity index is 1.75. The van der Waals surface area contributed by atoms with Gasteiger partial charge in [-0.2, -0.15) is 0 Å². The molecule has 9 heteroatoms. The summed E-state index contributed by atoms with van der Waals surface area (Å²) in [4.78, 5) is 11.6. The highest BCUT2D eigenvalue weighted by molar-refractivity contribution is 7.91. The number of aliphatic hydroxyl groups is 1. The zero-order valence-corrected chi connectivity index (χ0v) is 13.1. The molecule has 0 radical (unpaired) electrons. The van der Waals surface area contributed by atoms with Gasteiger partial charge in [-0.25, -0.2) is 22.0 Å². The van der Waals surface area contributed by atoms with Gasteiger partial charge in [0, 0.05) is 24.7 Å². The van der Waals surface area contributed by atoms with Crippen LogP contribution in [0.2, 0.25) is 0 Å². The second kappa shape index (κ2) is 7.22. The maximum atomic E-state index is 13.5. The van der Waals surface area contributed by atoms with E-state index in [9.17, 15) is 27.1 Å². The quantitative estimate of drug-likeness (QED) is 0.731. The molecule has 2 amide bonds. The van der Waals surface area contributed by atoms with Crippen molar-refractivity contribution in [1.82, 2.24) is 10.6 Å². The molecule has 2 rings (SSSR count). The van der Waals surface area contributed by atoms with E-state index in [1.54, 1.807) is 0 Å². The number of nitrogens with one attached hydrogen (secondary N) is 2. The van der Waals surface area contributed by atoms with E-state index < -0.39 is 33.6 Å². The van der Waals surface area contributed by atoms with E-state index in [4.69, 9.17) is 0 Å². The van der Waals surface area contributed by atoms with Gasteiger partial charge in [-0.1, -0.05) is 6.07 Å². The number of rotatable bonds is 5. The number of carbonyl (C=O) groups excluding carboxylic acids is 1. The first-order chi connectivity index (χ1) is 10.8. The number of sulfone groups is 1. The van der Waals surface area contributed by atoms with E-state index in [0.29, 0.717) is 12.5 Å². The third-order valence-corrected chi connectivity index (χ3v) is 5.49.